The molecule has 0 aliphatic rings. The molecule has 1 aromatic carbocycles. The molecular weight excluding hydrogens is 302 g/mol. The lowest BCUT2D eigenvalue weighted by molar-refractivity contribution is 0.276. The SMILES string of the molecule is CCCOc1cc(Cl)c(CNCCCCCO)cc1OCC. The third-order valence-corrected chi connectivity index (χ3v) is 3.55. The second kappa shape index (κ2) is 11.6. The average Bonchev–Trinajstić information content (AvgIpc) is 2.52. The molecule has 126 valence electrons. The fourth-order valence-electron chi connectivity index (χ4n) is 2.07. The predicted octanol–water partition coefficient (Wildman–Crippen LogP) is 3.78. The number of nitrogens with one attached hydrogen (secondary N) is 1. The van der Waals surface area contributed by atoms with Crippen LogP contribution < -0.4 is 14.8 Å². The Morgan fingerprint density at radius 2 is 1.86 bits per heavy atom. The van der Waals surface area contributed by atoms with Crippen molar-refractivity contribution < 1.29 is 14.6 Å². The number of rotatable bonds is 12. The van der Waals surface area contributed by atoms with Gasteiger partial charge >= 0.3 is 0 Å². The second-order valence-electron chi connectivity index (χ2n) is 5.13. The van der Waals surface area contributed by atoms with Crippen molar-refractivity contribution in [2.24, 2.45) is 0 Å². The minimum Gasteiger partial charge on any atom is -0.490 e. The van der Waals surface area contributed by atoms with E-state index in [1.807, 2.05) is 19.1 Å². The smallest absolute Gasteiger partial charge is 0.162 e. The highest BCUT2D eigenvalue weighted by molar-refractivity contribution is 6.31. The summed E-state index contributed by atoms with van der Waals surface area (Å²) < 4.78 is 11.3. The Labute approximate surface area is 138 Å². The quantitative estimate of drug-likeness (QED) is 0.573. The molecule has 0 amide bonds. The van der Waals surface area contributed by atoms with E-state index in [-0.39, 0.29) is 6.61 Å². The van der Waals surface area contributed by atoms with Gasteiger partial charge in [0.2, 0.25) is 0 Å². The summed E-state index contributed by atoms with van der Waals surface area (Å²) in [6, 6.07) is 3.79. The van der Waals surface area contributed by atoms with Crippen LogP contribution in [0.15, 0.2) is 12.1 Å². The highest BCUT2D eigenvalue weighted by atomic mass is 35.5. The van der Waals surface area contributed by atoms with Gasteiger partial charge in [0.1, 0.15) is 0 Å². The molecule has 0 bridgehead atoms. The molecule has 1 aromatic rings. The molecule has 0 saturated heterocycles. The van der Waals surface area contributed by atoms with Gasteiger partial charge in [0.15, 0.2) is 11.5 Å². The van der Waals surface area contributed by atoms with Crippen LogP contribution in [0.2, 0.25) is 5.02 Å². The van der Waals surface area contributed by atoms with Crippen LogP contribution in [0.25, 0.3) is 0 Å². The van der Waals surface area contributed by atoms with Crippen molar-refractivity contribution in [3.63, 3.8) is 0 Å². The summed E-state index contributed by atoms with van der Waals surface area (Å²) in [6.45, 7) is 7.15. The van der Waals surface area contributed by atoms with Gasteiger partial charge < -0.3 is 19.9 Å². The number of aliphatic hydroxyl groups is 1. The Hall–Kier alpha value is -0.970. The number of hydrogen-bond donors (Lipinski definition) is 2. The second-order valence-corrected chi connectivity index (χ2v) is 5.54. The number of benzene rings is 1. The van der Waals surface area contributed by atoms with Crippen LogP contribution in [0.3, 0.4) is 0 Å². The van der Waals surface area contributed by atoms with Crippen molar-refractivity contribution in [3.8, 4) is 11.5 Å². The molecule has 4 nitrogen and oxygen atoms in total. The van der Waals surface area contributed by atoms with Crippen LogP contribution in [0.1, 0.15) is 45.1 Å². The maximum Gasteiger partial charge on any atom is 0.162 e. The Morgan fingerprint density at radius 1 is 1.09 bits per heavy atom. The van der Waals surface area contributed by atoms with Crippen molar-refractivity contribution in [1.82, 2.24) is 5.32 Å². The number of ether oxygens (including phenoxy) is 2. The van der Waals surface area contributed by atoms with E-state index in [0.29, 0.717) is 30.5 Å². The zero-order chi connectivity index (χ0) is 16.2. The van der Waals surface area contributed by atoms with Gasteiger partial charge in [0.25, 0.3) is 0 Å². The molecule has 0 aromatic heterocycles. The highest BCUT2D eigenvalue weighted by Gasteiger charge is 2.11. The minimum atomic E-state index is 0.267. The van der Waals surface area contributed by atoms with Crippen molar-refractivity contribution in [3.05, 3.63) is 22.7 Å². The first-order valence-electron chi connectivity index (χ1n) is 8.12. The molecule has 0 aliphatic carbocycles. The number of hydrogen-bond acceptors (Lipinski definition) is 4. The van der Waals surface area contributed by atoms with Crippen LogP contribution in [-0.2, 0) is 6.54 Å². The van der Waals surface area contributed by atoms with Crippen molar-refractivity contribution >= 4 is 11.6 Å². The van der Waals surface area contributed by atoms with E-state index in [1.165, 1.54) is 0 Å². The molecule has 2 N–H and O–H groups in total. The van der Waals surface area contributed by atoms with Gasteiger partial charge in [-0.15, -0.1) is 0 Å². The summed E-state index contributed by atoms with van der Waals surface area (Å²) in [6.07, 6.45) is 3.89. The zero-order valence-electron chi connectivity index (χ0n) is 13.7. The molecule has 0 unspecified atom stereocenters. The van der Waals surface area contributed by atoms with Gasteiger partial charge in [0.05, 0.1) is 13.2 Å². The Morgan fingerprint density at radius 3 is 2.55 bits per heavy atom. The first-order valence-corrected chi connectivity index (χ1v) is 8.50. The standard InChI is InChI=1S/C17H28ClNO3/c1-3-10-22-17-12-15(18)14(11-16(17)21-4-2)13-19-8-6-5-7-9-20/h11-12,19-20H,3-10,13H2,1-2H3. The Balaban J connectivity index is 2.60. The third kappa shape index (κ3) is 6.86. The Kier molecular flexibility index (Phi) is 10.0. The molecular formula is C17H28ClNO3. The molecule has 0 heterocycles. The third-order valence-electron chi connectivity index (χ3n) is 3.20. The lowest BCUT2D eigenvalue weighted by atomic mass is 10.2. The highest BCUT2D eigenvalue weighted by Crippen LogP contribution is 2.33. The fraction of sp³-hybridized carbons (Fsp3) is 0.647. The minimum absolute atomic E-state index is 0.267. The molecule has 0 aliphatic heterocycles. The first-order chi connectivity index (χ1) is 10.7. The van der Waals surface area contributed by atoms with E-state index in [9.17, 15) is 0 Å². The first kappa shape index (κ1) is 19.1. The van der Waals surface area contributed by atoms with Crippen molar-refractivity contribution in [2.75, 3.05) is 26.4 Å². The van der Waals surface area contributed by atoms with Gasteiger partial charge in [-0.1, -0.05) is 18.5 Å². The van der Waals surface area contributed by atoms with Gasteiger partial charge in [-0.05, 0) is 50.8 Å². The van der Waals surface area contributed by atoms with Gasteiger partial charge in [0, 0.05) is 24.2 Å². The van der Waals surface area contributed by atoms with E-state index in [2.05, 4.69) is 12.2 Å². The lowest BCUT2D eigenvalue weighted by Gasteiger charge is -2.15. The van der Waals surface area contributed by atoms with Crippen LogP contribution in [0.4, 0.5) is 0 Å². The largest absolute Gasteiger partial charge is 0.490 e. The van der Waals surface area contributed by atoms with Crippen molar-refractivity contribution in [1.29, 1.82) is 0 Å². The molecule has 0 fully saturated rings. The number of unbranched alkanes of at least 4 members (excludes halogenated alkanes) is 2. The topological polar surface area (TPSA) is 50.7 Å². The normalized spacial score (nSPS) is 10.7. The number of halogens is 1. The number of aliphatic hydroxyl groups excluding tert-OH is 1. The van der Waals surface area contributed by atoms with E-state index < -0.39 is 0 Å². The maximum atomic E-state index is 8.74. The van der Waals surface area contributed by atoms with E-state index >= 15 is 0 Å². The molecule has 0 saturated carbocycles. The molecule has 0 radical (unpaired) electrons. The summed E-state index contributed by atoms with van der Waals surface area (Å²) in [4.78, 5) is 0. The fourth-order valence-corrected chi connectivity index (χ4v) is 2.29. The molecule has 22 heavy (non-hydrogen) atoms. The summed E-state index contributed by atoms with van der Waals surface area (Å²) in [5, 5.41) is 12.8. The monoisotopic (exact) mass is 329 g/mol. The summed E-state index contributed by atoms with van der Waals surface area (Å²) in [5.41, 5.74) is 1.01. The van der Waals surface area contributed by atoms with Crippen LogP contribution in [-0.4, -0.2) is 31.5 Å². The maximum absolute atomic E-state index is 8.74. The molecule has 0 spiro atoms. The molecule has 0 atom stereocenters. The van der Waals surface area contributed by atoms with E-state index in [4.69, 9.17) is 26.2 Å². The molecule has 5 heteroatoms. The molecule has 1 rings (SSSR count). The van der Waals surface area contributed by atoms with Crippen molar-refractivity contribution in [2.45, 2.75) is 46.1 Å². The predicted molar refractivity (Wildman–Crippen MR) is 91.1 cm³/mol. The van der Waals surface area contributed by atoms with Crippen LogP contribution in [0.5, 0.6) is 11.5 Å². The summed E-state index contributed by atoms with van der Waals surface area (Å²) in [7, 11) is 0. The van der Waals surface area contributed by atoms with Gasteiger partial charge in [-0.3, -0.25) is 0 Å². The summed E-state index contributed by atoms with van der Waals surface area (Å²) >= 11 is 6.33. The van der Waals surface area contributed by atoms with E-state index in [1.54, 1.807) is 0 Å². The van der Waals surface area contributed by atoms with E-state index in [0.717, 1.165) is 43.5 Å². The van der Waals surface area contributed by atoms with Crippen LogP contribution in [0, 0.1) is 0 Å². The Bertz CT molecular complexity index is 427. The zero-order valence-corrected chi connectivity index (χ0v) is 14.4. The lowest BCUT2D eigenvalue weighted by Crippen LogP contribution is -2.15. The van der Waals surface area contributed by atoms with Crippen LogP contribution >= 0.6 is 11.6 Å². The average molecular weight is 330 g/mol. The summed E-state index contributed by atoms with van der Waals surface area (Å²) in [5.74, 6) is 1.46. The van der Waals surface area contributed by atoms with Gasteiger partial charge in [-0.25, -0.2) is 0 Å². The van der Waals surface area contributed by atoms with Gasteiger partial charge in [-0.2, -0.15) is 0 Å².